The van der Waals surface area contributed by atoms with E-state index in [-0.39, 0.29) is 18.7 Å². The van der Waals surface area contributed by atoms with Gasteiger partial charge in [-0.3, -0.25) is 0 Å². The standard InChI is InChI=1S/C19H30BrFN2O3/c1-2-22-19(24)23-17-11-9-16(10-12-17)18(8-7-15-26-21)25-14-6-4-3-5-13-20/h9-12,18H,2-8,13-15H2,1H3,(H2,22,23,24). The molecule has 1 aromatic rings. The number of unbranched alkanes of at least 4 members (excludes halogenated alkanes) is 3. The zero-order chi connectivity index (χ0) is 19.0. The Morgan fingerprint density at radius 2 is 1.85 bits per heavy atom. The van der Waals surface area contributed by atoms with E-state index in [2.05, 4.69) is 31.5 Å². The molecule has 1 unspecified atom stereocenters. The first-order chi connectivity index (χ1) is 12.7. The summed E-state index contributed by atoms with van der Waals surface area (Å²) in [7, 11) is 0. The van der Waals surface area contributed by atoms with Crippen LogP contribution < -0.4 is 10.6 Å². The molecule has 148 valence electrons. The number of alkyl halides is 1. The van der Waals surface area contributed by atoms with Gasteiger partial charge in [0.05, 0.1) is 12.7 Å². The fourth-order valence-corrected chi connectivity index (χ4v) is 2.96. The van der Waals surface area contributed by atoms with Crippen molar-refractivity contribution in [3.8, 4) is 0 Å². The van der Waals surface area contributed by atoms with E-state index < -0.39 is 0 Å². The van der Waals surface area contributed by atoms with Gasteiger partial charge in [0.25, 0.3) is 0 Å². The van der Waals surface area contributed by atoms with E-state index in [0.717, 1.165) is 29.4 Å². The second-order valence-electron chi connectivity index (χ2n) is 6.02. The van der Waals surface area contributed by atoms with Crippen LogP contribution in [0.25, 0.3) is 0 Å². The van der Waals surface area contributed by atoms with Crippen LogP contribution in [0.3, 0.4) is 0 Å². The Balaban J connectivity index is 2.54. The molecular weight excluding hydrogens is 403 g/mol. The van der Waals surface area contributed by atoms with Crippen molar-refractivity contribution in [3.05, 3.63) is 29.8 Å². The predicted molar refractivity (Wildman–Crippen MR) is 106 cm³/mol. The van der Waals surface area contributed by atoms with Crippen LogP contribution in [-0.4, -0.2) is 31.1 Å². The molecule has 0 heterocycles. The minimum absolute atomic E-state index is 0.0714. The topological polar surface area (TPSA) is 59.6 Å². The smallest absolute Gasteiger partial charge is 0.319 e. The van der Waals surface area contributed by atoms with Gasteiger partial charge in [0, 0.05) is 24.2 Å². The lowest BCUT2D eigenvalue weighted by atomic mass is 10.0. The molecular formula is C19H30BrFN2O3. The van der Waals surface area contributed by atoms with Crippen LogP contribution in [0, 0.1) is 0 Å². The second-order valence-corrected chi connectivity index (χ2v) is 6.82. The summed E-state index contributed by atoms with van der Waals surface area (Å²) in [4.78, 5) is 15.2. The lowest BCUT2D eigenvalue weighted by Gasteiger charge is -2.19. The van der Waals surface area contributed by atoms with Crippen molar-refractivity contribution in [2.75, 3.05) is 30.4 Å². The maximum absolute atomic E-state index is 11.9. The van der Waals surface area contributed by atoms with E-state index >= 15 is 0 Å². The van der Waals surface area contributed by atoms with Crippen LogP contribution in [0.5, 0.6) is 0 Å². The number of nitrogens with one attached hydrogen (secondary N) is 2. The van der Waals surface area contributed by atoms with Gasteiger partial charge in [-0.25, -0.2) is 4.79 Å². The van der Waals surface area contributed by atoms with Crippen molar-refractivity contribution in [1.29, 1.82) is 0 Å². The van der Waals surface area contributed by atoms with Gasteiger partial charge in [0.15, 0.2) is 0 Å². The summed E-state index contributed by atoms with van der Waals surface area (Å²) in [5, 5.41) is 6.49. The molecule has 0 aliphatic carbocycles. The molecule has 5 nitrogen and oxygen atoms in total. The quantitative estimate of drug-likeness (QED) is 0.300. The maximum Gasteiger partial charge on any atom is 0.319 e. The van der Waals surface area contributed by atoms with Crippen LogP contribution >= 0.6 is 15.9 Å². The molecule has 0 aliphatic heterocycles. The third-order valence-corrected chi connectivity index (χ3v) is 4.47. The van der Waals surface area contributed by atoms with Crippen LogP contribution in [0.2, 0.25) is 0 Å². The van der Waals surface area contributed by atoms with E-state index in [0.29, 0.717) is 26.0 Å². The Bertz CT molecular complexity index is 488. The summed E-state index contributed by atoms with van der Waals surface area (Å²) in [6, 6.07) is 7.35. The number of carbonyl (C=O) groups excluding carboxylic acids is 1. The molecule has 0 saturated carbocycles. The Labute approximate surface area is 164 Å². The Morgan fingerprint density at radius 1 is 1.12 bits per heavy atom. The number of benzene rings is 1. The summed E-state index contributed by atoms with van der Waals surface area (Å²) >= 11 is 3.43. The summed E-state index contributed by atoms with van der Waals surface area (Å²) in [6.45, 7) is 3.20. The third kappa shape index (κ3) is 10.1. The van der Waals surface area contributed by atoms with Gasteiger partial charge in [-0.2, -0.15) is 4.94 Å². The molecule has 26 heavy (non-hydrogen) atoms. The lowest BCUT2D eigenvalue weighted by molar-refractivity contribution is -0.135. The molecule has 2 amide bonds. The molecule has 0 spiro atoms. The highest BCUT2D eigenvalue weighted by Crippen LogP contribution is 2.25. The number of halogens is 2. The number of rotatable bonds is 14. The molecule has 0 saturated heterocycles. The molecule has 7 heteroatoms. The number of hydrogen-bond donors (Lipinski definition) is 2. The lowest BCUT2D eigenvalue weighted by Crippen LogP contribution is -2.28. The Hall–Kier alpha value is -1.18. The molecule has 0 bridgehead atoms. The van der Waals surface area contributed by atoms with Crippen molar-refractivity contribution < 1.29 is 19.0 Å². The van der Waals surface area contributed by atoms with Gasteiger partial charge >= 0.3 is 6.03 Å². The molecule has 2 N–H and O–H groups in total. The highest BCUT2D eigenvalue weighted by atomic mass is 79.9. The minimum Gasteiger partial charge on any atom is -0.374 e. The highest BCUT2D eigenvalue weighted by Gasteiger charge is 2.12. The SMILES string of the molecule is CCNC(=O)Nc1ccc(C(CCCOF)OCCCCCCBr)cc1. The molecule has 0 fully saturated rings. The first kappa shape index (κ1) is 22.9. The molecule has 1 rings (SSSR count). The summed E-state index contributed by atoms with van der Waals surface area (Å²) in [5.74, 6) is 0. The number of amides is 2. The zero-order valence-corrected chi connectivity index (χ0v) is 17.0. The summed E-state index contributed by atoms with van der Waals surface area (Å²) < 4.78 is 17.9. The number of carbonyl (C=O) groups is 1. The zero-order valence-electron chi connectivity index (χ0n) is 15.4. The Kier molecular flexibility index (Phi) is 13.1. The average Bonchev–Trinajstić information content (AvgIpc) is 2.64. The van der Waals surface area contributed by atoms with Gasteiger partial charge in [0.2, 0.25) is 0 Å². The van der Waals surface area contributed by atoms with Crippen LogP contribution in [0.15, 0.2) is 24.3 Å². The maximum atomic E-state index is 11.9. The number of ether oxygens (including phenoxy) is 1. The van der Waals surface area contributed by atoms with Gasteiger partial charge < -0.3 is 15.4 Å². The van der Waals surface area contributed by atoms with Crippen molar-refractivity contribution in [2.24, 2.45) is 0 Å². The molecule has 1 aromatic carbocycles. The van der Waals surface area contributed by atoms with E-state index in [1.807, 2.05) is 31.2 Å². The highest BCUT2D eigenvalue weighted by molar-refractivity contribution is 9.09. The largest absolute Gasteiger partial charge is 0.374 e. The predicted octanol–water partition coefficient (Wildman–Crippen LogP) is 5.52. The Morgan fingerprint density at radius 3 is 2.50 bits per heavy atom. The fourth-order valence-electron chi connectivity index (χ4n) is 2.56. The molecule has 0 radical (unpaired) electrons. The number of hydrogen-bond acceptors (Lipinski definition) is 3. The monoisotopic (exact) mass is 432 g/mol. The van der Waals surface area contributed by atoms with E-state index in [1.54, 1.807) is 0 Å². The van der Waals surface area contributed by atoms with Crippen molar-refractivity contribution in [1.82, 2.24) is 5.32 Å². The fraction of sp³-hybridized carbons (Fsp3) is 0.632. The van der Waals surface area contributed by atoms with E-state index in [9.17, 15) is 9.32 Å². The average molecular weight is 433 g/mol. The summed E-state index contributed by atoms with van der Waals surface area (Å²) in [5.41, 5.74) is 1.74. The second kappa shape index (κ2) is 14.9. The van der Waals surface area contributed by atoms with Crippen LogP contribution in [0.1, 0.15) is 57.1 Å². The van der Waals surface area contributed by atoms with E-state index in [1.165, 1.54) is 12.8 Å². The van der Waals surface area contributed by atoms with Crippen molar-refractivity contribution in [3.63, 3.8) is 0 Å². The minimum atomic E-state index is -0.225. The van der Waals surface area contributed by atoms with Gasteiger partial charge in [-0.15, -0.1) is 0 Å². The van der Waals surface area contributed by atoms with Gasteiger partial charge in [0.1, 0.15) is 0 Å². The van der Waals surface area contributed by atoms with E-state index in [4.69, 9.17) is 4.74 Å². The summed E-state index contributed by atoms with van der Waals surface area (Å²) in [6.07, 6.45) is 5.70. The molecule has 0 aromatic heterocycles. The van der Waals surface area contributed by atoms with Gasteiger partial charge in [-0.05, 0) is 54.8 Å². The van der Waals surface area contributed by atoms with Crippen LogP contribution in [0.4, 0.5) is 15.0 Å². The first-order valence-electron chi connectivity index (χ1n) is 9.27. The van der Waals surface area contributed by atoms with Gasteiger partial charge in [-0.1, -0.05) is 40.9 Å². The number of urea groups is 1. The normalized spacial score (nSPS) is 12.0. The molecule has 0 aliphatic rings. The van der Waals surface area contributed by atoms with Crippen molar-refractivity contribution in [2.45, 2.75) is 51.6 Å². The third-order valence-electron chi connectivity index (χ3n) is 3.91. The first-order valence-corrected chi connectivity index (χ1v) is 10.4. The van der Waals surface area contributed by atoms with Crippen molar-refractivity contribution >= 4 is 27.6 Å². The molecule has 1 atom stereocenters. The van der Waals surface area contributed by atoms with Crippen LogP contribution in [-0.2, 0) is 9.68 Å². The number of anilines is 1.